The monoisotopic (exact) mass is 281 g/mol. The molecule has 3 rings (SSSR count). The molecular weight excluding hydrogens is 254 g/mol. The summed E-state index contributed by atoms with van der Waals surface area (Å²) in [6.07, 6.45) is 3.30. The molecule has 0 aromatic carbocycles. The Kier molecular flexibility index (Phi) is 3.91. The number of ether oxygens (including phenoxy) is 1. The van der Waals surface area contributed by atoms with Crippen molar-refractivity contribution in [2.75, 3.05) is 39.8 Å². The highest BCUT2D eigenvalue weighted by atomic mass is 16.5. The van der Waals surface area contributed by atoms with Crippen LogP contribution in [0.3, 0.4) is 0 Å². The molecule has 3 aliphatic rings. The van der Waals surface area contributed by atoms with E-state index in [2.05, 4.69) is 18.7 Å². The maximum absolute atomic E-state index is 12.2. The van der Waals surface area contributed by atoms with E-state index in [1.165, 1.54) is 12.8 Å². The van der Waals surface area contributed by atoms with Gasteiger partial charge in [-0.3, -0.25) is 4.90 Å². The molecule has 0 radical (unpaired) electrons. The van der Waals surface area contributed by atoms with E-state index in [1.54, 1.807) is 0 Å². The summed E-state index contributed by atoms with van der Waals surface area (Å²) >= 11 is 0. The first-order chi connectivity index (χ1) is 9.54. The van der Waals surface area contributed by atoms with E-state index in [1.807, 2.05) is 16.8 Å². The van der Waals surface area contributed by atoms with Crippen LogP contribution in [0.4, 0.5) is 4.79 Å². The Morgan fingerprint density at radius 2 is 1.80 bits per heavy atom. The van der Waals surface area contributed by atoms with Gasteiger partial charge in [0.2, 0.25) is 0 Å². The number of likely N-dealkylation sites (N-methyl/N-ethyl adjacent to an activating group) is 1. The lowest BCUT2D eigenvalue weighted by atomic mass is 10.0. The first-order valence-corrected chi connectivity index (χ1v) is 7.94. The van der Waals surface area contributed by atoms with Gasteiger partial charge in [-0.15, -0.1) is 0 Å². The summed E-state index contributed by atoms with van der Waals surface area (Å²) in [4.78, 5) is 18.6. The fraction of sp³-hybridized carbons (Fsp3) is 0.933. The topological polar surface area (TPSA) is 36.0 Å². The largest absolute Gasteiger partial charge is 0.372 e. The van der Waals surface area contributed by atoms with Crippen LogP contribution in [0, 0.1) is 5.92 Å². The van der Waals surface area contributed by atoms with Crippen molar-refractivity contribution in [3.8, 4) is 0 Å². The van der Waals surface area contributed by atoms with Crippen LogP contribution >= 0.6 is 0 Å². The molecule has 3 fully saturated rings. The molecule has 0 aliphatic carbocycles. The van der Waals surface area contributed by atoms with Crippen LogP contribution in [-0.2, 0) is 4.74 Å². The van der Waals surface area contributed by atoms with Crippen LogP contribution in [0.5, 0.6) is 0 Å². The minimum atomic E-state index is 0.194. The number of amides is 2. The summed E-state index contributed by atoms with van der Waals surface area (Å²) in [7, 11) is 1.93. The van der Waals surface area contributed by atoms with Gasteiger partial charge in [0.15, 0.2) is 0 Å². The molecule has 0 saturated carbocycles. The van der Waals surface area contributed by atoms with Gasteiger partial charge in [-0.25, -0.2) is 4.79 Å². The van der Waals surface area contributed by atoms with Crippen molar-refractivity contribution in [1.29, 1.82) is 0 Å². The van der Waals surface area contributed by atoms with E-state index in [0.29, 0.717) is 24.2 Å². The van der Waals surface area contributed by atoms with Crippen molar-refractivity contribution in [2.24, 2.45) is 5.92 Å². The van der Waals surface area contributed by atoms with Gasteiger partial charge in [0, 0.05) is 39.8 Å². The van der Waals surface area contributed by atoms with E-state index in [0.717, 1.165) is 32.7 Å². The zero-order chi connectivity index (χ0) is 14.3. The van der Waals surface area contributed by atoms with Crippen LogP contribution in [0.2, 0.25) is 0 Å². The van der Waals surface area contributed by atoms with Crippen LogP contribution in [0.25, 0.3) is 0 Å². The number of rotatable bonds is 4. The van der Waals surface area contributed by atoms with Gasteiger partial charge in [0.1, 0.15) is 0 Å². The Hall–Kier alpha value is -0.810. The second kappa shape index (κ2) is 5.53. The summed E-state index contributed by atoms with van der Waals surface area (Å²) < 4.78 is 5.86. The van der Waals surface area contributed by atoms with Gasteiger partial charge in [0.05, 0.1) is 18.2 Å². The smallest absolute Gasteiger partial charge is 0.320 e. The lowest BCUT2D eigenvalue weighted by Crippen LogP contribution is -2.46. The highest BCUT2D eigenvalue weighted by Gasteiger charge is 2.37. The zero-order valence-electron chi connectivity index (χ0n) is 12.9. The van der Waals surface area contributed by atoms with Gasteiger partial charge in [-0.05, 0) is 18.8 Å². The highest BCUT2D eigenvalue weighted by molar-refractivity contribution is 5.76. The summed E-state index contributed by atoms with van der Waals surface area (Å²) in [6.45, 7) is 9.19. The maximum Gasteiger partial charge on any atom is 0.320 e. The average molecular weight is 281 g/mol. The standard InChI is InChI=1S/C15H27N3O2/c1-11(2)14-10-18(15(19)16(14)3)7-6-17-8-12-4-5-13(9-17)20-12/h11-14H,4-10H2,1-3H3. The Morgan fingerprint density at radius 3 is 2.35 bits per heavy atom. The quantitative estimate of drug-likeness (QED) is 0.778. The molecule has 0 spiro atoms. The Labute approximate surface area is 121 Å². The van der Waals surface area contributed by atoms with Crippen LogP contribution < -0.4 is 0 Å². The van der Waals surface area contributed by atoms with Crippen molar-refractivity contribution in [3.63, 3.8) is 0 Å². The number of morpholine rings is 1. The molecule has 0 aromatic rings. The summed E-state index contributed by atoms with van der Waals surface area (Å²) in [5.41, 5.74) is 0. The number of nitrogens with zero attached hydrogens (tertiary/aromatic N) is 3. The SMILES string of the molecule is CC(C)C1CN(CCN2CC3CCC(C2)O3)C(=O)N1C. The van der Waals surface area contributed by atoms with Crippen molar-refractivity contribution in [1.82, 2.24) is 14.7 Å². The fourth-order valence-electron chi connectivity index (χ4n) is 3.78. The average Bonchev–Trinajstić information content (AvgIpc) is 2.89. The van der Waals surface area contributed by atoms with Gasteiger partial charge < -0.3 is 14.5 Å². The third-order valence-electron chi connectivity index (χ3n) is 5.05. The third kappa shape index (κ3) is 2.66. The zero-order valence-corrected chi connectivity index (χ0v) is 12.9. The number of hydrogen-bond acceptors (Lipinski definition) is 3. The van der Waals surface area contributed by atoms with E-state index < -0.39 is 0 Å². The minimum Gasteiger partial charge on any atom is -0.372 e. The predicted octanol–water partition coefficient (Wildman–Crippen LogP) is 1.24. The molecule has 3 atom stereocenters. The Morgan fingerprint density at radius 1 is 1.15 bits per heavy atom. The Balaban J connectivity index is 1.50. The number of hydrogen-bond donors (Lipinski definition) is 0. The molecule has 3 heterocycles. The fourth-order valence-corrected chi connectivity index (χ4v) is 3.78. The van der Waals surface area contributed by atoms with Crippen molar-refractivity contribution in [3.05, 3.63) is 0 Å². The van der Waals surface area contributed by atoms with Gasteiger partial charge >= 0.3 is 6.03 Å². The molecule has 2 amide bonds. The number of likely N-dealkylation sites (tertiary alicyclic amines) is 1. The molecule has 3 unspecified atom stereocenters. The summed E-state index contributed by atoms with van der Waals surface area (Å²) in [6, 6.07) is 0.559. The molecule has 3 saturated heterocycles. The molecule has 0 aromatic heterocycles. The predicted molar refractivity (Wildman–Crippen MR) is 77.7 cm³/mol. The van der Waals surface area contributed by atoms with Gasteiger partial charge in [-0.1, -0.05) is 13.8 Å². The number of carbonyl (C=O) groups excluding carboxylic acids is 1. The van der Waals surface area contributed by atoms with E-state index >= 15 is 0 Å². The number of fused-ring (bicyclic) bond motifs is 2. The molecule has 20 heavy (non-hydrogen) atoms. The molecule has 2 bridgehead atoms. The number of urea groups is 1. The van der Waals surface area contributed by atoms with Crippen LogP contribution in [0.15, 0.2) is 0 Å². The molecule has 5 nitrogen and oxygen atoms in total. The van der Waals surface area contributed by atoms with E-state index in [4.69, 9.17) is 4.74 Å². The van der Waals surface area contributed by atoms with Gasteiger partial charge in [-0.2, -0.15) is 0 Å². The normalized spacial score (nSPS) is 34.6. The van der Waals surface area contributed by atoms with Crippen molar-refractivity contribution >= 4 is 6.03 Å². The number of carbonyl (C=O) groups is 1. The highest BCUT2D eigenvalue weighted by Crippen LogP contribution is 2.26. The molecule has 5 heteroatoms. The van der Waals surface area contributed by atoms with Crippen molar-refractivity contribution in [2.45, 2.75) is 44.9 Å². The first-order valence-electron chi connectivity index (χ1n) is 7.94. The van der Waals surface area contributed by atoms with Crippen LogP contribution in [0.1, 0.15) is 26.7 Å². The van der Waals surface area contributed by atoms with Gasteiger partial charge in [0.25, 0.3) is 0 Å². The van der Waals surface area contributed by atoms with Crippen LogP contribution in [-0.4, -0.2) is 78.8 Å². The molecule has 0 N–H and O–H groups in total. The molecule has 114 valence electrons. The minimum absolute atomic E-state index is 0.194. The molecule has 3 aliphatic heterocycles. The third-order valence-corrected chi connectivity index (χ3v) is 5.05. The second-order valence-electron chi connectivity index (χ2n) is 6.87. The maximum atomic E-state index is 12.2. The van der Waals surface area contributed by atoms with E-state index in [9.17, 15) is 4.79 Å². The first kappa shape index (κ1) is 14.1. The van der Waals surface area contributed by atoms with Crippen molar-refractivity contribution < 1.29 is 9.53 Å². The Bertz CT molecular complexity index is 362. The summed E-state index contributed by atoms with van der Waals surface area (Å²) in [5, 5.41) is 0. The second-order valence-corrected chi connectivity index (χ2v) is 6.87. The lowest BCUT2D eigenvalue weighted by Gasteiger charge is -2.33. The lowest BCUT2D eigenvalue weighted by molar-refractivity contribution is -0.0391. The van der Waals surface area contributed by atoms with E-state index in [-0.39, 0.29) is 6.03 Å². The summed E-state index contributed by atoms with van der Waals surface area (Å²) in [5.74, 6) is 0.521. The molecular formula is C15H27N3O2.